The molecule has 80 valence electrons. The monoisotopic (exact) mass is 194 g/mol. The van der Waals surface area contributed by atoms with Crippen molar-refractivity contribution in [2.45, 2.75) is 32.6 Å². The summed E-state index contributed by atoms with van der Waals surface area (Å²) in [5.41, 5.74) is 7.89. The fraction of sp³-hybridized carbons (Fsp3) is 0.833. The van der Waals surface area contributed by atoms with Crippen LogP contribution < -0.4 is 5.73 Å². The molecule has 0 spiro atoms. The van der Waals surface area contributed by atoms with Gasteiger partial charge in [-0.2, -0.15) is 0 Å². The van der Waals surface area contributed by atoms with Crippen LogP contribution in [0.15, 0.2) is 11.6 Å². The van der Waals surface area contributed by atoms with E-state index in [1.807, 2.05) is 0 Å². The average Bonchev–Trinajstić information content (AvgIpc) is 2.11. The van der Waals surface area contributed by atoms with Crippen molar-refractivity contribution in [2.24, 2.45) is 11.1 Å². The van der Waals surface area contributed by atoms with Gasteiger partial charge in [-0.3, -0.25) is 4.90 Å². The molecule has 0 aromatic heterocycles. The molecule has 1 fully saturated rings. The van der Waals surface area contributed by atoms with Crippen LogP contribution >= 0.6 is 0 Å². The molecular formula is C12H22N2. The molecule has 1 aliphatic carbocycles. The highest BCUT2D eigenvalue weighted by molar-refractivity contribution is 5.05. The van der Waals surface area contributed by atoms with Crippen LogP contribution in [-0.4, -0.2) is 31.1 Å². The maximum absolute atomic E-state index is 5.88. The Kier molecular flexibility index (Phi) is 2.93. The van der Waals surface area contributed by atoms with Crippen molar-refractivity contribution in [3.05, 3.63) is 11.6 Å². The third-order valence-electron chi connectivity index (χ3n) is 3.82. The lowest BCUT2D eigenvalue weighted by atomic mass is 9.68. The summed E-state index contributed by atoms with van der Waals surface area (Å²) >= 11 is 0. The third kappa shape index (κ3) is 2.01. The van der Waals surface area contributed by atoms with Crippen LogP contribution in [-0.2, 0) is 0 Å². The van der Waals surface area contributed by atoms with Crippen molar-refractivity contribution < 1.29 is 0 Å². The highest BCUT2D eigenvalue weighted by atomic mass is 15.1. The van der Waals surface area contributed by atoms with Crippen molar-refractivity contribution in [2.75, 3.05) is 26.2 Å². The quantitative estimate of drug-likeness (QED) is 0.694. The van der Waals surface area contributed by atoms with E-state index in [4.69, 9.17) is 5.73 Å². The molecule has 0 aromatic rings. The van der Waals surface area contributed by atoms with E-state index in [1.54, 1.807) is 0 Å². The lowest BCUT2D eigenvalue weighted by Crippen LogP contribution is -2.48. The highest BCUT2D eigenvalue weighted by Gasteiger charge is 2.37. The summed E-state index contributed by atoms with van der Waals surface area (Å²) in [6, 6.07) is 0. The predicted molar refractivity (Wildman–Crippen MR) is 60.2 cm³/mol. The van der Waals surface area contributed by atoms with E-state index >= 15 is 0 Å². The molecule has 2 nitrogen and oxygen atoms in total. The molecule has 14 heavy (non-hydrogen) atoms. The van der Waals surface area contributed by atoms with Crippen molar-refractivity contribution >= 4 is 0 Å². The minimum atomic E-state index is 0.484. The van der Waals surface area contributed by atoms with E-state index in [9.17, 15) is 0 Å². The van der Waals surface area contributed by atoms with E-state index in [-0.39, 0.29) is 0 Å². The maximum atomic E-state index is 5.88. The SMILES string of the molecule is CC1=CCCN(CC2(CN)CCC2)C1. The number of nitrogens with two attached hydrogens (primary N) is 1. The average molecular weight is 194 g/mol. The molecule has 1 saturated carbocycles. The van der Waals surface area contributed by atoms with Gasteiger partial charge in [0.25, 0.3) is 0 Å². The number of rotatable bonds is 3. The van der Waals surface area contributed by atoms with Crippen molar-refractivity contribution in [1.29, 1.82) is 0 Å². The number of nitrogens with zero attached hydrogens (tertiary/aromatic N) is 1. The molecule has 2 aliphatic rings. The lowest BCUT2D eigenvalue weighted by Gasteiger charge is -2.45. The Hall–Kier alpha value is -0.340. The van der Waals surface area contributed by atoms with Gasteiger partial charge in [0.2, 0.25) is 0 Å². The van der Waals surface area contributed by atoms with Crippen LogP contribution in [0.3, 0.4) is 0 Å². The van der Waals surface area contributed by atoms with Crippen molar-refractivity contribution in [1.82, 2.24) is 4.90 Å². The Morgan fingerprint density at radius 3 is 2.79 bits per heavy atom. The van der Waals surface area contributed by atoms with Gasteiger partial charge >= 0.3 is 0 Å². The predicted octanol–water partition coefficient (Wildman–Crippen LogP) is 1.77. The van der Waals surface area contributed by atoms with Crippen LogP contribution in [0.4, 0.5) is 0 Å². The fourth-order valence-electron chi connectivity index (χ4n) is 2.70. The van der Waals surface area contributed by atoms with Gasteiger partial charge in [-0.25, -0.2) is 0 Å². The molecule has 2 rings (SSSR count). The first-order valence-electron chi connectivity index (χ1n) is 5.82. The molecule has 0 amide bonds. The second kappa shape index (κ2) is 4.03. The topological polar surface area (TPSA) is 29.3 Å². The minimum Gasteiger partial charge on any atom is -0.330 e. The van der Waals surface area contributed by atoms with E-state index in [0.29, 0.717) is 5.41 Å². The zero-order chi connectivity index (χ0) is 10.0. The summed E-state index contributed by atoms with van der Waals surface area (Å²) < 4.78 is 0. The zero-order valence-corrected chi connectivity index (χ0v) is 9.26. The molecule has 0 unspecified atom stereocenters. The van der Waals surface area contributed by atoms with Gasteiger partial charge in [-0.05, 0) is 38.1 Å². The first-order valence-corrected chi connectivity index (χ1v) is 5.82. The smallest absolute Gasteiger partial charge is 0.0190 e. The minimum absolute atomic E-state index is 0.484. The van der Waals surface area contributed by atoms with Crippen LogP contribution in [0.1, 0.15) is 32.6 Å². The number of hydrogen-bond donors (Lipinski definition) is 1. The highest BCUT2D eigenvalue weighted by Crippen LogP contribution is 2.40. The molecule has 0 bridgehead atoms. The van der Waals surface area contributed by atoms with E-state index in [1.165, 1.54) is 50.9 Å². The molecule has 2 heteroatoms. The Morgan fingerprint density at radius 2 is 2.29 bits per heavy atom. The largest absolute Gasteiger partial charge is 0.330 e. The van der Waals surface area contributed by atoms with Gasteiger partial charge in [-0.15, -0.1) is 0 Å². The molecular weight excluding hydrogens is 172 g/mol. The molecule has 0 radical (unpaired) electrons. The standard InChI is InChI=1S/C12H22N2/c1-11-4-2-7-14(8-11)10-12(9-13)5-3-6-12/h4H,2-3,5-10,13H2,1H3. The summed E-state index contributed by atoms with van der Waals surface area (Å²) in [5.74, 6) is 0. The van der Waals surface area contributed by atoms with Crippen molar-refractivity contribution in [3.63, 3.8) is 0 Å². The van der Waals surface area contributed by atoms with Gasteiger partial charge in [0, 0.05) is 19.6 Å². The first kappa shape index (κ1) is 10.2. The number of hydrogen-bond acceptors (Lipinski definition) is 2. The van der Waals surface area contributed by atoms with Crippen LogP contribution in [0.25, 0.3) is 0 Å². The first-order chi connectivity index (χ1) is 6.74. The molecule has 0 aromatic carbocycles. The molecule has 0 saturated heterocycles. The van der Waals surface area contributed by atoms with Gasteiger partial charge in [0.1, 0.15) is 0 Å². The van der Waals surface area contributed by atoms with E-state index in [0.717, 1.165) is 6.54 Å². The normalized spacial score (nSPS) is 26.9. The third-order valence-corrected chi connectivity index (χ3v) is 3.82. The molecule has 1 aliphatic heterocycles. The van der Waals surface area contributed by atoms with Gasteiger partial charge in [0.15, 0.2) is 0 Å². The summed E-state index contributed by atoms with van der Waals surface area (Å²) in [7, 11) is 0. The van der Waals surface area contributed by atoms with Crippen molar-refractivity contribution in [3.8, 4) is 0 Å². The Balaban J connectivity index is 1.88. The Bertz CT molecular complexity index is 223. The van der Waals surface area contributed by atoms with Gasteiger partial charge < -0.3 is 5.73 Å². The van der Waals surface area contributed by atoms with E-state index < -0.39 is 0 Å². The zero-order valence-electron chi connectivity index (χ0n) is 9.26. The van der Waals surface area contributed by atoms with E-state index in [2.05, 4.69) is 17.9 Å². The lowest BCUT2D eigenvalue weighted by molar-refractivity contribution is 0.0780. The van der Waals surface area contributed by atoms with Crippen LogP contribution in [0, 0.1) is 5.41 Å². The fourth-order valence-corrected chi connectivity index (χ4v) is 2.70. The summed E-state index contributed by atoms with van der Waals surface area (Å²) in [5, 5.41) is 0. The Labute approximate surface area is 87.2 Å². The Morgan fingerprint density at radius 1 is 1.50 bits per heavy atom. The summed E-state index contributed by atoms with van der Waals surface area (Å²) in [6.45, 7) is 6.75. The second-order valence-electron chi connectivity index (χ2n) is 5.11. The summed E-state index contributed by atoms with van der Waals surface area (Å²) in [4.78, 5) is 2.58. The maximum Gasteiger partial charge on any atom is 0.0190 e. The second-order valence-corrected chi connectivity index (χ2v) is 5.11. The molecule has 1 heterocycles. The summed E-state index contributed by atoms with van der Waals surface area (Å²) in [6.07, 6.45) is 7.68. The van der Waals surface area contributed by atoms with Gasteiger partial charge in [-0.1, -0.05) is 18.1 Å². The van der Waals surface area contributed by atoms with Gasteiger partial charge in [0.05, 0.1) is 0 Å². The molecule has 0 atom stereocenters. The molecule has 2 N–H and O–H groups in total. The van der Waals surface area contributed by atoms with Crippen LogP contribution in [0.5, 0.6) is 0 Å². The van der Waals surface area contributed by atoms with Crippen LogP contribution in [0.2, 0.25) is 0 Å².